The van der Waals surface area contributed by atoms with Crippen LogP contribution >= 0.6 is 0 Å². The maximum absolute atomic E-state index is 12.4. The normalized spacial score (nSPS) is 13.3. The summed E-state index contributed by atoms with van der Waals surface area (Å²) in [7, 11) is 0. The molecule has 0 fully saturated rings. The summed E-state index contributed by atoms with van der Waals surface area (Å²) >= 11 is 0. The Labute approximate surface area is 189 Å². The number of anilines is 1. The zero-order valence-electron chi connectivity index (χ0n) is 17.7. The van der Waals surface area contributed by atoms with Crippen molar-refractivity contribution in [2.75, 3.05) is 11.9 Å². The Bertz CT molecular complexity index is 1170. The van der Waals surface area contributed by atoms with Crippen LogP contribution < -0.4 is 10.1 Å². The Morgan fingerprint density at radius 1 is 0.818 bits per heavy atom. The van der Waals surface area contributed by atoms with E-state index in [9.17, 15) is 19.2 Å². The molecule has 0 bridgehead atoms. The smallest absolute Gasteiger partial charge is 0.326 e. The first-order valence-electron chi connectivity index (χ1n) is 10.2. The van der Waals surface area contributed by atoms with Gasteiger partial charge in [-0.15, -0.1) is 0 Å². The Morgan fingerprint density at radius 3 is 1.97 bits per heavy atom. The second-order valence-electron chi connectivity index (χ2n) is 7.30. The zero-order chi connectivity index (χ0) is 23.4. The van der Waals surface area contributed by atoms with Crippen LogP contribution in [0.2, 0.25) is 0 Å². The van der Waals surface area contributed by atoms with Crippen molar-refractivity contribution in [2.24, 2.45) is 0 Å². The summed E-state index contributed by atoms with van der Waals surface area (Å²) in [5.74, 6) is -1.27. The number of hydrogen-bond acceptors (Lipinski definition) is 6. The summed E-state index contributed by atoms with van der Waals surface area (Å²) in [4.78, 5) is 50.2. The number of para-hydroxylation sites is 1. The Balaban J connectivity index is 1.29. The maximum Gasteiger partial charge on any atom is 0.326 e. The van der Waals surface area contributed by atoms with Gasteiger partial charge in [0.1, 0.15) is 18.0 Å². The molecule has 1 heterocycles. The molecule has 1 N–H and O–H groups in total. The summed E-state index contributed by atoms with van der Waals surface area (Å²) in [6.07, 6.45) is -1.13. The highest BCUT2D eigenvalue weighted by Gasteiger charge is 2.37. The first-order chi connectivity index (χ1) is 15.9. The van der Waals surface area contributed by atoms with Crippen LogP contribution in [0.25, 0.3) is 0 Å². The number of fused-ring (bicyclic) bond motifs is 1. The number of ether oxygens (including phenoxy) is 2. The Kier molecular flexibility index (Phi) is 6.17. The highest BCUT2D eigenvalue weighted by Crippen LogP contribution is 2.23. The number of carbonyl (C=O) groups is 4. The van der Waals surface area contributed by atoms with Gasteiger partial charge >= 0.3 is 5.97 Å². The first-order valence-corrected chi connectivity index (χ1v) is 10.2. The molecule has 1 unspecified atom stereocenters. The number of carbonyl (C=O) groups excluding carboxylic acids is 4. The molecule has 0 radical (unpaired) electrons. The lowest BCUT2D eigenvalue weighted by Gasteiger charge is -2.17. The fourth-order valence-electron chi connectivity index (χ4n) is 3.27. The lowest BCUT2D eigenvalue weighted by molar-refractivity contribution is -0.153. The van der Waals surface area contributed by atoms with E-state index in [1.54, 1.807) is 36.4 Å². The lowest BCUT2D eigenvalue weighted by atomic mass is 10.1. The molecule has 4 rings (SSSR count). The van der Waals surface area contributed by atoms with Crippen LogP contribution in [-0.2, 0) is 14.3 Å². The first kappa shape index (κ1) is 21.8. The molecule has 1 atom stereocenters. The molecule has 1 aliphatic heterocycles. The predicted octanol–water partition coefficient (Wildman–Crippen LogP) is 3.65. The Hall–Kier alpha value is -4.46. The number of esters is 1. The molecule has 0 saturated carbocycles. The van der Waals surface area contributed by atoms with E-state index in [1.165, 1.54) is 19.1 Å². The number of nitrogens with one attached hydrogen (secondary N) is 1. The Morgan fingerprint density at radius 2 is 1.36 bits per heavy atom. The fourth-order valence-corrected chi connectivity index (χ4v) is 3.27. The SMILES string of the molecule is CC(OC(=O)CN1C(=O)c2ccccc2C1=O)C(=O)Nc1ccc(Oc2ccccc2)cc1. The molecule has 3 aromatic carbocycles. The molecule has 33 heavy (non-hydrogen) atoms. The number of imide groups is 1. The molecule has 0 aromatic heterocycles. The van der Waals surface area contributed by atoms with Gasteiger partial charge in [0, 0.05) is 5.69 Å². The largest absolute Gasteiger partial charge is 0.457 e. The van der Waals surface area contributed by atoms with Crippen LogP contribution in [0.4, 0.5) is 5.69 Å². The van der Waals surface area contributed by atoms with E-state index in [2.05, 4.69) is 5.32 Å². The maximum atomic E-state index is 12.4. The lowest BCUT2D eigenvalue weighted by Crippen LogP contribution is -2.38. The van der Waals surface area contributed by atoms with E-state index in [1.807, 2.05) is 30.3 Å². The third-order valence-corrected chi connectivity index (χ3v) is 4.94. The summed E-state index contributed by atoms with van der Waals surface area (Å²) in [6, 6.07) is 22.3. The van der Waals surface area contributed by atoms with Crippen molar-refractivity contribution in [1.82, 2.24) is 4.90 Å². The van der Waals surface area contributed by atoms with E-state index in [-0.39, 0.29) is 11.1 Å². The molecule has 166 valence electrons. The van der Waals surface area contributed by atoms with Crippen LogP contribution in [0, 0.1) is 0 Å². The average molecular weight is 444 g/mol. The second-order valence-corrected chi connectivity index (χ2v) is 7.30. The average Bonchev–Trinajstić information content (AvgIpc) is 3.06. The highest BCUT2D eigenvalue weighted by atomic mass is 16.5. The standard InChI is InChI=1S/C25H20N2O6/c1-16(32-22(28)15-27-24(30)20-9-5-6-10-21(20)25(27)31)23(29)26-17-11-13-19(14-12-17)33-18-7-3-2-4-8-18/h2-14,16H,15H2,1H3,(H,26,29). The van der Waals surface area contributed by atoms with Gasteiger partial charge in [-0.2, -0.15) is 0 Å². The third kappa shape index (κ3) is 4.90. The molecule has 8 heteroatoms. The van der Waals surface area contributed by atoms with Crippen molar-refractivity contribution in [3.8, 4) is 11.5 Å². The fraction of sp³-hybridized carbons (Fsp3) is 0.120. The second kappa shape index (κ2) is 9.35. The summed E-state index contributed by atoms with van der Waals surface area (Å²) in [5, 5.41) is 2.64. The molecule has 3 amide bonds. The van der Waals surface area contributed by atoms with Gasteiger partial charge in [0.15, 0.2) is 6.10 Å². The number of rotatable bonds is 7. The van der Waals surface area contributed by atoms with E-state index in [0.29, 0.717) is 17.2 Å². The van der Waals surface area contributed by atoms with Crippen molar-refractivity contribution < 1.29 is 28.7 Å². The van der Waals surface area contributed by atoms with Crippen molar-refractivity contribution in [3.63, 3.8) is 0 Å². The minimum absolute atomic E-state index is 0.237. The van der Waals surface area contributed by atoms with Crippen LogP contribution in [0.15, 0.2) is 78.9 Å². The molecular weight excluding hydrogens is 424 g/mol. The van der Waals surface area contributed by atoms with Crippen LogP contribution in [-0.4, -0.2) is 41.2 Å². The van der Waals surface area contributed by atoms with Gasteiger partial charge in [0.25, 0.3) is 17.7 Å². The summed E-state index contributed by atoms with van der Waals surface area (Å²) in [6.45, 7) is 0.831. The van der Waals surface area contributed by atoms with Gasteiger partial charge in [0.05, 0.1) is 11.1 Å². The number of nitrogens with zero attached hydrogens (tertiary/aromatic N) is 1. The molecule has 0 saturated heterocycles. The van der Waals surface area contributed by atoms with Gasteiger partial charge in [0.2, 0.25) is 0 Å². The molecule has 8 nitrogen and oxygen atoms in total. The third-order valence-electron chi connectivity index (χ3n) is 4.94. The van der Waals surface area contributed by atoms with E-state index >= 15 is 0 Å². The molecule has 0 aliphatic carbocycles. The quantitative estimate of drug-likeness (QED) is 0.441. The molecule has 3 aromatic rings. The minimum atomic E-state index is -1.13. The van der Waals surface area contributed by atoms with Gasteiger partial charge in [-0.05, 0) is 55.5 Å². The number of benzene rings is 3. The molecule has 1 aliphatic rings. The topological polar surface area (TPSA) is 102 Å². The van der Waals surface area contributed by atoms with Crippen molar-refractivity contribution in [1.29, 1.82) is 0 Å². The van der Waals surface area contributed by atoms with Crippen molar-refractivity contribution in [2.45, 2.75) is 13.0 Å². The highest BCUT2D eigenvalue weighted by molar-refractivity contribution is 6.22. The van der Waals surface area contributed by atoms with Crippen molar-refractivity contribution >= 4 is 29.4 Å². The van der Waals surface area contributed by atoms with Crippen LogP contribution in [0.3, 0.4) is 0 Å². The van der Waals surface area contributed by atoms with Gasteiger partial charge in [-0.1, -0.05) is 30.3 Å². The van der Waals surface area contributed by atoms with Crippen LogP contribution in [0.5, 0.6) is 11.5 Å². The summed E-state index contributed by atoms with van der Waals surface area (Å²) in [5.41, 5.74) is 0.963. The molecule has 0 spiro atoms. The van der Waals surface area contributed by atoms with Crippen LogP contribution in [0.1, 0.15) is 27.6 Å². The van der Waals surface area contributed by atoms with E-state index in [0.717, 1.165) is 4.90 Å². The monoisotopic (exact) mass is 444 g/mol. The van der Waals surface area contributed by atoms with E-state index in [4.69, 9.17) is 9.47 Å². The number of hydrogen-bond donors (Lipinski definition) is 1. The summed E-state index contributed by atoms with van der Waals surface area (Å²) < 4.78 is 10.8. The van der Waals surface area contributed by atoms with Gasteiger partial charge < -0.3 is 14.8 Å². The number of amides is 3. The molecular formula is C25H20N2O6. The predicted molar refractivity (Wildman–Crippen MR) is 119 cm³/mol. The van der Waals surface area contributed by atoms with Gasteiger partial charge in [-0.25, -0.2) is 0 Å². The van der Waals surface area contributed by atoms with E-state index < -0.39 is 36.3 Å². The van der Waals surface area contributed by atoms with Crippen molar-refractivity contribution in [3.05, 3.63) is 90.0 Å². The minimum Gasteiger partial charge on any atom is -0.457 e. The zero-order valence-corrected chi connectivity index (χ0v) is 17.7. The van der Waals surface area contributed by atoms with Gasteiger partial charge in [-0.3, -0.25) is 24.1 Å².